The Hall–Kier alpha value is -0.770. The lowest BCUT2D eigenvalue weighted by Crippen LogP contribution is -2.41. The Kier molecular flexibility index (Phi) is 6.11. The first-order valence-electron chi connectivity index (χ1n) is 7.56. The van der Waals surface area contributed by atoms with Crippen LogP contribution in [0.1, 0.15) is 53.9 Å². The van der Waals surface area contributed by atoms with Crippen molar-refractivity contribution in [3.05, 3.63) is 0 Å². The molecule has 0 bridgehead atoms. The third-order valence-electron chi connectivity index (χ3n) is 3.66. The van der Waals surface area contributed by atoms with E-state index in [0.29, 0.717) is 0 Å². The maximum Gasteiger partial charge on any atom is 0.407 e. The molecule has 1 fully saturated rings. The van der Waals surface area contributed by atoms with E-state index in [-0.39, 0.29) is 12.1 Å². The van der Waals surface area contributed by atoms with Gasteiger partial charge in [-0.2, -0.15) is 0 Å². The fraction of sp³-hybridized carbons (Fsp3) is 0.933. The highest BCUT2D eigenvalue weighted by Crippen LogP contribution is 2.16. The van der Waals surface area contributed by atoms with Gasteiger partial charge in [0.05, 0.1) is 0 Å². The monoisotopic (exact) mass is 270 g/mol. The predicted octanol–water partition coefficient (Wildman–Crippen LogP) is 3.02. The summed E-state index contributed by atoms with van der Waals surface area (Å²) in [6.45, 7) is 13.4. The molecule has 4 heteroatoms. The summed E-state index contributed by atoms with van der Waals surface area (Å²) in [4.78, 5) is 14.2. The number of carbonyl (C=O) groups is 1. The van der Waals surface area contributed by atoms with Gasteiger partial charge < -0.3 is 15.0 Å². The van der Waals surface area contributed by atoms with Crippen LogP contribution in [0.15, 0.2) is 0 Å². The van der Waals surface area contributed by atoms with Crippen molar-refractivity contribution < 1.29 is 9.53 Å². The van der Waals surface area contributed by atoms with Gasteiger partial charge in [0.1, 0.15) is 5.60 Å². The van der Waals surface area contributed by atoms with Gasteiger partial charge in [0, 0.05) is 25.7 Å². The van der Waals surface area contributed by atoms with Gasteiger partial charge in [-0.05, 0) is 33.1 Å². The van der Waals surface area contributed by atoms with Gasteiger partial charge in [0.15, 0.2) is 0 Å². The van der Waals surface area contributed by atoms with Crippen LogP contribution in [0.5, 0.6) is 0 Å². The summed E-state index contributed by atoms with van der Waals surface area (Å²) in [5.74, 6) is 0.778. The first kappa shape index (κ1) is 16.3. The standard InChI is InChI=1S/C15H30N2O2/c1-6-12(7-2)10-17-9-8-13(11-17)16-14(18)19-15(3,4)5/h12-13H,6-11H2,1-5H3,(H,16,18)/t13-/m1/s1. The third kappa shape index (κ3) is 6.28. The molecule has 0 unspecified atom stereocenters. The molecule has 0 aromatic rings. The number of nitrogens with one attached hydrogen (secondary N) is 1. The number of likely N-dealkylation sites (tertiary alicyclic amines) is 1. The van der Waals surface area contributed by atoms with Crippen LogP contribution >= 0.6 is 0 Å². The quantitative estimate of drug-likeness (QED) is 0.835. The van der Waals surface area contributed by atoms with Crippen LogP contribution in [0.2, 0.25) is 0 Å². The molecular formula is C15H30N2O2. The molecule has 0 aromatic carbocycles. The van der Waals surface area contributed by atoms with Gasteiger partial charge in [0.2, 0.25) is 0 Å². The topological polar surface area (TPSA) is 41.6 Å². The van der Waals surface area contributed by atoms with Crippen molar-refractivity contribution in [2.75, 3.05) is 19.6 Å². The third-order valence-corrected chi connectivity index (χ3v) is 3.66. The largest absolute Gasteiger partial charge is 0.444 e. The molecule has 112 valence electrons. The van der Waals surface area contributed by atoms with Crippen LogP contribution in [-0.4, -0.2) is 42.3 Å². The number of amides is 1. The molecule has 1 heterocycles. The lowest BCUT2D eigenvalue weighted by Gasteiger charge is -2.23. The lowest BCUT2D eigenvalue weighted by atomic mass is 10.0. The highest BCUT2D eigenvalue weighted by atomic mass is 16.6. The first-order chi connectivity index (χ1) is 8.84. The number of hydrogen-bond acceptors (Lipinski definition) is 3. The van der Waals surface area contributed by atoms with E-state index in [1.807, 2.05) is 20.8 Å². The smallest absolute Gasteiger partial charge is 0.407 e. The van der Waals surface area contributed by atoms with Crippen molar-refractivity contribution in [2.24, 2.45) is 5.92 Å². The number of ether oxygens (including phenoxy) is 1. The van der Waals surface area contributed by atoms with E-state index in [0.717, 1.165) is 32.0 Å². The van der Waals surface area contributed by atoms with E-state index >= 15 is 0 Å². The van der Waals surface area contributed by atoms with Gasteiger partial charge >= 0.3 is 6.09 Å². The molecule has 1 saturated heterocycles. The summed E-state index contributed by atoms with van der Waals surface area (Å²) < 4.78 is 5.29. The Labute approximate surface area is 117 Å². The van der Waals surface area contributed by atoms with E-state index in [1.54, 1.807) is 0 Å². The van der Waals surface area contributed by atoms with Gasteiger partial charge in [-0.25, -0.2) is 4.79 Å². The van der Waals surface area contributed by atoms with Crippen LogP contribution < -0.4 is 5.32 Å². The summed E-state index contributed by atoms with van der Waals surface area (Å²) in [5, 5.41) is 2.97. The number of nitrogens with zero attached hydrogens (tertiary/aromatic N) is 1. The summed E-state index contributed by atoms with van der Waals surface area (Å²) in [7, 11) is 0. The van der Waals surface area contributed by atoms with Crippen molar-refractivity contribution >= 4 is 6.09 Å². The maximum absolute atomic E-state index is 11.7. The highest BCUT2D eigenvalue weighted by Gasteiger charge is 2.26. The molecule has 0 aliphatic carbocycles. The van der Waals surface area contributed by atoms with Crippen LogP contribution in [0.3, 0.4) is 0 Å². The van der Waals surface area contributed by atoms with Crippen molar-refractivity contribution in [1.29, 1.82) is 0 Å². The van der Waals surface area contributed by atoms with E-state index in [9.17, 15) is 4.79 Å². The van der Waals surface area contributed by atoms with Gasteiger partial charge in [-0.3, -0.25) is 0 Å². The molecule has 0 aromatic heterocycles. The molecule has 0 saturated carbocycles. The van der Waals surface area contributed by atoms with E-state index in [1.165, 1.54) is 12.8 Å². The molecule has 4 nitrogen and oxygen atoms in total. The second kappa shape index (κ2) is 7.13. The molecule has 1 rings (SSSR count). The van der Waals surface area contributed by atoms with Crippen molar-refractivity contribution in [2.45, 2.75) is 65.5 Å². The van der Waals surface area contributed by atoms with Gasteiger partial charge in [-0.1, -0.05) is 26.7 Å². The lowest BCUT2D eigenvalue weighted by molar-refractivity contribution is 0.0505. The van der Waals surface area contributed by atoms with Crippen LogP contribution in [0, 0.1) is 5.92 Å². The zero-order chi connectivity index (χ0) is 14.5. The zero-order valence-electron chi connectivity index (χ0n) is 13.2. The summed E-state index contributed by atoms with van der Waals surface area (Å²) in [5.41, 5.74) is -0.419. The maximum atomic E-state index is 11.7. The molecule has 1 aliphatic rings. The average molecular weight is 270 g/mol. The summed E-state index contributed by atoms with van der Waals surface area (Å²) in [6.07, 6.45) is 3.20. The number of rotatable bonds is 5. The summed E-state index contributed by atoms with van der Waals surface area (Å²) >= 11 is 0. The summed E-state index contributed by atoms with van der Waals surface area (Å²) in [6, 6.07) is 0.240. The van der Waals surface area contributed by atoms with Crippen LogP contribution in [-0.2, 0) is 4.74 Å². The molecule has 1 aliphatic heterocycles. The molecule has 1 N–H and O–H groups in total. The van der Waals surface area contributed by atoms with Crippen molar-refractivity contribution in [3.63, 3.8) is 0 Å². The Balaban J connectivity index is 2.30. The predicted molar refractivity (Wildman–Crippen MR) is 78.3 cm³/mol. The number of alkyl carbamates (subject to hydrolysis) is 1. The Morgan fingerprint density at radius 2 is 2.00 bits per heavy atom. The molecule has 0 radical (unpaired) electrons. The SMILES string of the molecule is CCC(CC)CN1CC[C@@H](NC(=O)OC(C)(C)C)C1. The first-order valence-corrected chi connectivity index (χ1v) is 7.56. The normalized spacial score (nSPS) is 20.8. The van der Waals surface area contributed by atoms with E-state index in [4.69, 9.17) is 4.74 Å². The highest BCUT2D eigenvalue weighted by molar-refractivity contribution is 5.68. The molecule has 19 heavy (non-hydrogen) atoms. The van der Waals surface area contributed by atoms with Crippen molar-refractivity contribution in [3.8, 4) is 0 Å². The zero-order valence-corrected chi connectivity index (χ0v) is 13.2. The molecular weight excluding hydrogens is 240 g/mol. The van der Waals surface area contributed by atoms with Crippen molar-refractivity contribution in [1.82, 2.24) is 10.2 Å². The fourth-order valence-electron chi connectivity index (χ4n) is 2.50. The average Bonchev–Trinajstić information content (AvgIpc) is 2.70. The molecule has 0 spiro atoms. The molecule has 1 amide bonds. The minimum absolute atomic E-state index is 0.240. The van der Waals surface area contributed by atoms with Crippen LogP contribution in [0.4, 0.5) is 4.79 Å². The van der Waals surface area contributed by atoms with E-state index < -0.39 is 5.60 Å². The fourth-order valence-corrected chi connectivity index (χ4v) is 2.50. The Morgan fingerprint density at radius 3 is 2.53 bits per heavy atom. The van der Waals surface area contributed by atoms with Crippen LogP contribution in [0.25, 0.3) is 0 Å². The second-order valence-corrected chi connectivity index (χ2v) is 6.57. The van der Waals surface area contributed by atoms with Gasteiger partial charge in [0.25, 0.3) is 0 Å². The Bertz CT molecular complexity index is 282. The minimum Gasteiger partial charge on any atom is -0.444 e. The Morgan fingerprint density at radius 1 is 1.37 bits per heavy atom. The van der Waals surface area contributed by atoms with Gasteiger partial charge in [-0.15, -0.1) is 0 Å². The molecule has 1 atom stereocenters. The number of carbonyl (C=O) groups excluding carboxylic acids is 1. The minimum atomic E-state index is -0.419. The number of hydrogen-bond donors (Lipinski definition) is 1. The van der Waals surface area contributed by atoms with E-state index in [2.05, 4.69) is 24.1 Å². The second-order valence-electron chi connectivity index (χ2n) is 6.57.